The minimum absolute atomic E-state index is 0. The molecular formula is C17H24IN5O2. The number of halogens is 1. The lowest BCUT2D eigenvalue weighted by atomic mass is 10.2. The van der Waals surface area contributed by atoms with Crippen LogP contribution in [-0.4, -0.2) is 56.4 Å². The SMILES string of the molecule is CN=C(NCc1ccon1)N1CCN(c2cccc(OC)c2)CC1.I. The number of nitrogens with zero attached hydrogens (tertiary/aromatic N) is 4. The van der Waals surface area contributed by atoms with Crippen molar-refractivity contribution in [3.05, 3.63) is 42.3 Å². The second kappa shape index (κ2) is 9.50. The third-order valence-corrected chi connectivity index (χ3v) is 4.13. The number of aromatic nitrogens is 1. The maximum absolute atomic E-state index is 5.31. The zero-order valence-corrected chi connectivity index (χ0v) is 16.8. The van der Waals surface area contributed by atoms with E-state index < -0.39 is 0 Å². The van der Waals surface area contributed by atoms with Crippen molar-refractivity contribution in [1.29, 1.82) is 0 Å². The number of nitrogens with one attached hydrogen (secondary N) is 1. The van der Waals surface area contributed by atoms with Crippen LogP contribution in [0.4, 0.5) is 5.69 Å². The highest BCUT2D eigenvalue weighted by molar-refractivity contribution is 14.0. The molecule has 8 heteroatoms. The summed E-state index contributed by atoms with van der Waals surface area (Å²) in [6, 6.07) is 10.0. The van der Waals surface area contributed by atoms with Gasteiger partial charge in [-0.05, 0) is 12.1 Å². The third kappa shape index (κ3) is 5.00. The number of guanidine groups is 1. The van der Waals surface area contributed by atoms with E-state index in [1.54, 1.807) is 20.4 Å². The van der Waals surface area contributed by atoms with Crippen LogP contribution < -0.4 is 15.0 Å². The van der Waals surface area contributed by atoms with Crippen molar-refractivity contribution >= 4 is 35.6 Å². The van der Waals surface area contributed by atoms with Crippen LogP contribution in [0.25, 0.3) is 0 Å². The first-order chi connectivity index (χ1) is 11.8. The summed E-state index contributed by atoms with van der Waals surface area (Å²) in [5.41, 5.74) is 2.06. The van der Waals surface area contributed by atoms with E-state index in [9.17, 15) is 0 Å². The van der Waals surface area contributed by atoms with Crippen LogP contribution in [0.5, 0.6) is 5.75 Å². The predicted octanol–water partition coefficient (Wildman–Crippen LogP) is 2.20. The molecule has 1 aromatic heterocycles. The molecule has 1 N–H and O–H groups in total. The number of hydrogen-bond donors (Lipinski definition) is 1. The predicted molar refractivity (Wildman–Crippen MR) is 109 cm³/mol. The van der Waals surface area contributed by atoms with Gasteiger partial charge in [0.25, 0.3) is 0 Å². The third-order valence-electron chi connectivity index (χ3n) is 4.13. The number of benzene rings is 1. The van der Waals surface area contributed by atoms with Gasteiger partial charge in [0.1, 0.15) is 17.7 Å². The van der Waals surface area contributed by atoms with E-state index in [1.165, 1.54) is 5.69 Å². The van der Waals surface area contributed by atoms with E-state index in [0.717, 1.165) is 43.6 Å². The fourth-order valence-corrected chi connectivity index (χ4v) is 2.81. The Kier molecular flexibility index (Phi) is 7.35. The van der Waals surface area contributed by atoms with Gasteiger partial charge in [-0.3, -0.25) is 4.99 Å². The molecule has 25 heavy (non-hydrogen) atoms. The topological polar surface area (TPSA) is 66.1 Å². The lowest BCUT2D eigenvalue weighted by Crippen LogP contribution is -2.52. The molecule has 2 heterocycles. The van der Waals surface area contributed by atoms with Crippen LogP contribution in [0.2, 0.25) is 0 Å². The largest absolute Gasteiger partial charge is 0.497 e. The molecule has 0 radical (unpaired) electrons. The minimum atomic E-state index is 0. The quantitative estimate of drug-likeness (QED) is 0.432. The molecule has 1 saturated heterocycles. The Morgan fingerprint density at radius 1 is 1.28 bits per heavy atom. The van der Waals surface area contributed by atoms with Crippen LogP contribution in [0.1, 0.15) is 5.69 Å². The fraction of sp³-hybridized carbons (Fsp3) is 0.412. The van der Waals surface area contributed by atoms with Gasteiger partial charge in [0.2, 0.25) is 0 Å². The van der Waals surface area contributed by atoms with Crippen LogP contribution >= 0.6 is 24.0 Å². The first kappa shape index (κ1) is 19.4. The molecule has 136 valence electrons. The monoisotopic (exact) mass is 457 g/mol. The second-order valence-electron chi connectivity index (χ2n) is 5.57. The average Bonchev–Trinajstić information content (AvgIpc) is 3.16. The summed E-state index contributed by atoms with van der Waals surface area (Å²) in [5, 5.41) is 7.23. The molecule has 0 saturated carbocycles. The van der Waals surface area contributed by atoms with Crippen molar-refractivity contribution in [2.45, 2.75) is 6.54 Å². The summed E-state index contributed by atoms with van der Waals surface area (Å²) in [4.78, 5) is 9.00. The molecule has 0 amide bonds. The Bertz CT molecular complexity index is 669. The fourth-order valence-electron chi connectivity index (χ4n) is 2.81. The van der Waals surface area contributed by atoms with E-state index in [2.05, 4.69) is 37.4 Å². The Morgan fingerprint density at radius 2 is 2.08 bits per heavy atom. The van der Waals surface area contributed by atoms with Crippen molar-refractivity contribution in [1.82, 2.24) is 15.4 Å². The number of methoxy groups -OCH3 is 1. The van der Waals surface area contributed by atoms with Crippen LogP contribution in [-0.2, 0) is 6.54 Å². The van der Waals surface area contributed by atoms with E-state index in [4.69, 9.17) is 9.26 Å². The van der Waals surface area contributed by atoms with Gasteiger partial charge in [0.05, 0.1) is 13.7 Å². The van der Waals surface area contributed by atoms with Gasteiger partial charge in [0, 0.05) is 51.0 Å². The van der Waals surface area contributed by atoms with Crippen molar-refractivity contribution in [3.8, 4) is 5.75 Å². The summed E-state index contributed by atoms with van der Waals surface area (Å²) < 4.78 is 10.2. The highest BCUT2D eigenvalue weighted by Gasteiger charge is 2.20. The van der Waals surface area contributed by atoms with Crippen molar-refractivity contribution < 1.29 is 9.26 Å². The zero-order chi connectivity index (χ0) is 16.8. The lowest BCUT2D eigenvalue weighted by Gasteiger charge is -2.37. The molecule has 1 aliphatic rings. The lowest BCUT2D eigenvalue weighted by molar-refractivity contribution is 0.370. The molecule has 0 spiro atoms. The molecule has 0 atom stereocenters. The van der Waals surface area contributed by atoms with E-state index in [-0.39, 0.29) is 24.0 Å². The molecule has 0 aliphatic carbocycles. The maximum atomic E-state index is 5.31. The first-order valence-electron chi connectivity index (χ1n) is 8.04. The summed E-state index contributed by atoms with van der Waals surface area (Å²) in [7, 11) is 3.50. The zero-order valence-electron chi connectivity index (χ0n) is 14.5. The van der Waals surface area contributed by atoms with E-state index >= 15 is 0 Å². The van der Waals surface area contributed by atoms with Crippen molar-refractivity contribution in [2.24, 2.45) is 4.99 Å². The molecule has 1 aromatic carbocycles. The highest BCUT2D eigenvalue weighted by atomic mass is 127. The highest BCUT2D eigenvalue weighted by Crippen LogP contribution is 2.22. The number of ether oxygens (including phenoxy) is 1. The molecule has 0 unspecified atom stereocenters. The summed E-state index contributed by atoms with van der Waals surface area (Å²) >= 11 is 0. The Balaban J connectivity index is 0.00000225. The number of rotatable bonds is 4. The number of piperazine rings is 1. The smallest absolute Gasteiger partial charge is 0.194 e. The van der Waals surface area contributed by atoms with E-state index in [0.29, 0.717) is 6.54 Å². The molecule has 0 bridgehead atoms. The molecule has 7 nitrogen and oxygen atoms in total. The van der Waals surface area contributed by atoms with Gasteiger partial charge in [-0.15, -0.1) is 24.0 Å². The Morgan fingerprint density at radius 3 is 2.72 bits per heavy atom. The maximum Gasteiger partial charge on any atom is 0.194 e. The Labute approximate surface area is 165 Å². The van der Waals surface area contributed by atoms with Gasteiger partial charge in [-0.25, -0.2) is 0 Å². The number of anilines is 1. The second-order valence-corrected chi connectivity index (χ2v) is 5.57. The molecule has 3 rings (SSSR count). The van der Waals surface area contributed by atoms with E-state index in [1.807, 2.05) is 18.2 Å². The van der Waals surface area contributed by atoms with Crippen molar-refractivity contribution in [2.75, 3.05) is 45.2 Å². The summed E-state index contributed by atoms with van der Waals surface area (Å²) in [6.07, 6.45) is 1.58. The average molecular weight is 457 g/mol. The normalized spacial score (nSPS) is 14.9. The standard InChI is InChI=1S/C17H23N5O2.HI/c1-18-17(19-13-14-6-11-24-20-14)22-9-7-21(8-10-22)15-4-3-5-16(12-15)23-2;/h3-6,11-12H,7-10,13H2,1-2H3,(H,18,19);1H. The number of aliphatic imine (C=N–C) groups is 1. The van der Waals surface area contributed by atoms with Gasteiger partial charge < -0.3 is 24.4 Å². The molecule has 2 aromatic rings. The van der Waals surface area contributed by atoms with Gasteiger partial charge in [0.15, 0.2) is 5.96 Å². The summed E-state index contributed by atoms with van der Waals surface area (Å²) in [5.74, 6) is 1.78. The minimum Gasteiger partial charge on any atom is -0.497 e. The number of hydrogen-bond acceptors (Lipinski definition) is 5. The van der Waals surface area contributed by atoms with Gasteiger partial charge >= 0.3 is 0 Å². The molecule has 1 fully saturated rings. The van der Waals surface area contributed by atoms with Crippen LogP contribution in [0.15, 0.2) is 46.1 Å². The molecular weight excluding hydrogens is 433 g/mol. The van der Waals surface area contributed by atoms with Gasteiger partial charge in [-0.1, -0.05) is 11.2 Å². The Hall–Kier alpha value is -1.97. The van der Waals surface area contributed by atoms with Crippen LogP contribution in [0, 0.1) is 0 Å². The van der Waals surface area contributed by atoms with Gasteiger partial charge in [-0.2, -0.15) is 0 Å². The van der Waals surface area contributed by atoms with Crippen LogP contribution in [0.3, 0.4) is 0 Å². The first-order valence-corrected chi connectivity index (χ1v) is 8.04. The van der Waals surface area contributed by atoms with Crippen molar-refractivity contribution in [3.63, 3.8) is 0 Å². The molecule has 1 aliphatic heterocycles. The summed E-state index contributed by atoms with van der Waals surface area (Å²) in [6.45, 7) is 4.32.